The van der Waals surface area contributed by atoms with Gasteiger partial charge in [0.15, 0.2) is 0 Å². The predicted octanol–water partition coefficient (Wildman–Crippen LogP) is 3.60. The fourth-order valence-electron chi connectivity index (χ4n) is 4.66. The van der Waals surface area contributed by atoms with Crippen molar-refractivity contribution in [2.75, 3.05) is 0 Å². The Morgan fingerprint density at radius 1 is 0.422 bits per heavy atom. The number of hydrogen-bond donors (Lipinski definition) is 7. The van der Waals surface area contributed by atoms with Crippen molar-refractivity contribution in [1.29, 1.82) is 0 Å². The molecule has 0 aromatic heterocycles. The highest BCUT2D eigenvalue weighted by molar-refractivity contribution is 5.87. The van der Waals surface area contributed by atoms with E-state index in [9.17, 15) is 43.8 Å². The van der Waals surface area contributed by atoms with Crippen LogP contribution in [0.4, 0.5) is 0 Å². The first-order chi connectivity index (χ1) is 21.3. The summed E-state index contributed by atoms with van der Waals surface area (Å²) in [4.78, 5) is 80.6. The molecule has 0 spiro atoms. The zero-order valence-electron chi connectivity index (χ0n) is 26.5. The lowest BCUT2D eigenvalue weighted by Gasteiger charge is -2.17. The van der Waals surface area contributed by atoms with E-state index in [2.05, 4.69) is 16.0 Å². The normalized spacial score (nSPS) is 12.8. The number of nitrogens with one attached hydrogen (secondary N) is 3. The lowest BCUT2D eigenvalue weighted by Crippen LogP contribution is -2.44. The van der Waals surface area contributed by atoms with Crippen molar-refractivity contribution in [3.8, 4) is 0 Å². The maximum absolute atomic E-state index is 12.3. The Morgan fingerprint density at radius 2 is 0.733 bits per heavy atom. The van der Waals surface area contributed by atoms with E-state index < -0.39 is 59.7 Å². The molecule has 0 aliphatic heterocycles. The summed E-state index contributed by atoms with van der Waals surface area (Å²) in [5.74, 6) is -6.58. The van der Waals surface area contributed by atoms with Crippen LogP contribution in [0.3, 0.4) is 0 Å². The third-order valence-electron chi connectivity index (χ3n) is 7.38. The topological polar surface area (TPSA) is 236 Å². The molecule has 0 heterocycles. The minimum Gasteiger partial charge on any atom is -0.481 e. The van der Waals surface area contributed by atoms with E-state index in [4.69, 9.17) is 10.2 Å². The van der Waals surface area contributed by atoms with Crippen LogP contribution in [0.15, 0.2) is 0 Å². The highest BCUT2D eigenvalue weighted by atomic mass is 16.4. The van der Waals surface area contributed by atoms with Crippen molar-refractivity contribution in [3.05, 3.63) is 0 Å². The van der Waals surface area contributed by atoms with Crippen LogP contribution in [0.25, 0.3) is 0 Å². The number of carbonyl (C=O) groups is 7. The number of carboxylic acid groups (broad SMARTS) is 4. The molecule has 14 heteroatoms. The van der Waals surface area contributed by atoms with Crippen molar-refractivity contribution in [2.45, 2.75) is 153 Å². The summed E-state index contributed by atoms with van der Waals surface area (Å²) < 4.78 is 0. The molecule has 0 aliphatic rings. The highest BCUT2D eigenvalue weighted by Crippen LogP contribution is 2.14. The van der Waals surface area contributed by atoms with Gasteiger partial charge < -0.3 is 36.4 Å². The second kappa shape index (κ2) is 25.6. The van der Waals surface area contributed by atoms with Crippen LogP contribution in [0.5, 0.6) is 0 Å². The minimum absolute atomic E-state index is 0.163. The number of carboxylic acids is 4. The quantitative estimate of drug-likeness (QED) is 0.0581. The number of unbranched alkanes of at least 4 members (excludes halogenated alkanes) is 13. The van der Waals surface area contributed by atoms with Gasteiger partial charge in [-0.1, -0.05) is 77.0 Å². The maximum Gasteiger partial charge on any atom is 0.326 e. The Hall–Kier alpha value is -3.71. The molecule has 0 aromatic carbocycles. The molecule has 0 saturated carbocycles. The number of rotatable bonds is 29. The third-order valence-corrected chi connectivity index (χ3v) is 7.38. The summed E-state index contributed by atoms with van der Waals surface area (Å²) in [5.41, 5.74) is 0. The van der Waals surface area contributed by atoms with Gasteiger partial charge in [-0.05, 0) is 32.6 Å². The molecule has 0 rings (SSSR count). The molecule has 0 fully saturated rings. The fourth-order valence-corrected chi connectivity index (χ4v) is 4.66. The van der Waals surface area contributed by atoms with Gasteiger partial charge >= 0.3 is 23.9 Å². The van der Waals surface area contributed by atoms with Crippen LogP contribution in [-0.2, 0) is 33.6 Å². The van der Waals surface area contributed by atoms with Crippen LogP contribution in [0.1, 0.15) is 135 Å². The van der Waals surface area contributed by atoms with Crippen molar-refractivity contribution in [2.24, 2.45) is 0 Å². The van der Waals surface area contributed by atoms with E-state index in [1.807, 2.05) is 0 Å². The van der Waals surface area contributed by atoms with E-state index in [0.29, 0.717) is 6.42 Å². The summed E-state index contributed by atoms with van der Waals surface area (Å²) >= 11 is 0. The van der Waals surface area contributed by atoms with Crippen molar-refractivity contribution in [1.82, 2.24) is 16.0 Å². The van der Waals surface area contributed by atoms with Crippen molar-refractivity contribution >= 4 is 41.6 Å². The van der Waals surface area contributed by atoms with Gasteiger partial charge in [0.25, 0.3) is 0 Å². The standard InChI is InChI=1S/C31H53N3O11/c1-22(29(40)41)32-26(36)20-18-24(31(44)45)34-27(37)21-19-23(30(42)43)33-25(35)16-14-12-10-8-6-4-2-3-5-7-9-11-13-15-17-28(38)39/h22-24H,2-21H2,1H3,(H,32,36)(H,33,35)(H,34,37)(H,38,39)(H,40,41)(H,42,43)(H,44,45). The Labute approximate surface area is 265 Å². The van der Waals surface area contributed by atoms with Gasteiger partial charge in [-0.2, -0.15) is 0 Å². The first kappa shape index (κ1) is 41.3. The Balaban J connectivity index is 4.06. The Kier molecular flexibility index (Phi) is 23.5. The van der Waals surface area contributed by atoms with Crippen molar-refractivity contribution in [3.63, 3.8) is 0 Å². The van der Waals surface area contributed by atoms with Gasteiger partial charge in [-0.3, -0.25) is 24.0 Å². The number of aliphatic carboxylic acids is 4. The van der Waals surface area contributed by atoms with Gasteiger partial charge in [0, 0.05) is 25.7 Å². The number of carbonyl (C=O) groups excluding carboxylic acids is 3. The number of hydrogen-bond acceptors (Lipinski definition) is 7. The van der Waals surface area contributed by atoms with Crippen LogP contribution in [-0.4, -0.2) is 80.2 Å². The molecule has 0 saturated heterocycles. The molecule has 0 aliphatic carbocycles. The average molecular weight is 644 g/mol. The predicted molar refractivity (Wildman–Crippen MR) is 164 cm³/mol. The first-order valence-electron chi connectivity index (χ1n) is 16.1. The van der Waals surface area contributed by atoms with E-state index in [0.717, 1.165) is 51.4 Å². The molecule has 3 unspecified atom stereocenters. The van der Waals surface area contributed by atoms with Gasteiger partial charge in [-0.15, -0.1) is 0 Å². The average Bonchev–Trinajstić information content (AvgIpc) is 2.96. The Bertz CT molecular complexity index is 942. The number of amides is 3. The van der Waals surface area contributed by atoms with Crippen LogP contribution < -0.4 is 16.0 Å². The zero-order chi connectivity index (χ0) is 34.0. The van der Waals surface area contributed by atoms with E-state index in [1.54, 1.807) is 0 Å². The summed E-state index contributed by atoms with van der Waals surface area (Å²) in [6.07, 6.45) is 13.8. The molecule has 7 N–H and O–H groups in total. The second-order valence-electron chi connectivity index (χ2n) is 11.5. The smallest absolute Gasteiger partial charge is 0.326 e. The van der Waals surface area contributed by atoms with Crippen molar-refractivity contribution < 1.29 is 54.0 Å². The third kappa shape index (κ3) is 24.3. The minimum atomic E-state index is -1.43. The zero-order valence-corrected chi connectivity index (χ0v) is 26.5. The highest BCUT2D eigenvalue weighted by Gasteiger charge is 2.25. The summed E-state index contributed by atoms with van der Waals surface area (Å²) in [6, 6.07) is -3.90. The molecule has 258 valence electrons. The second-order valence-corrected chi connectivity index (χ2v) is 11.5. The molecule has 3 amide bonds. The van der Waals surface area contributed by atoms with E-state index in [1.165, 1.54) is 39.0 Å². The molecule has 14 nitrogen and oxygen atoms in total. The molecule has 0 radical (unpaired) electrons. The summed E-state index contributed by atoms with van der Waals surface area (Å²) in [7, 11) is 0. The summed E-state index contributed by atoms with van der Waals surface area (Å²) in [6.45, 7) is 1.25. The van der Waals surface area contributed by atoms with Gasteiger partial charge in [0.1, 0.15) is 18.1 Å². The van der Waals surface area contributed by atoms with Crippen LogP contribution >= 0.6 is 0 Å². The fraction of sp³-hybridized carbons (Fsp3) is 0.774. The lowest BCUT2D eigenvalue weighted by molar-refractivity contribution is -0.144. The van der Waals surface area contributed by atoms with Gasteiger partial charge in [0.05, 0.1) is 0 Å². The molecule has 45 heavy (non-hydrogen) atoms. The van der Waals surface area contributed by atoms with Gasteiger partial charge in [-0.25, -0.2) is 9.59 Å². The molecular formula is C31H53N3O11. The largest absolute Gasteiger partial charge is 0.481 e. The molecule has 3 atom stereocenters. The SMILES string of the molecule is CC(NC(=O)CCC(NC(=O)CCC(NC(=O)CCCCCCCCCCCCCCCCC(=O)O)C(=O)O)C(=O)O)C(=O)O. The summed E-state index contributed by atoms with van der Waals surface area (Å²) in [5, 5.41) is 43.0. The monoisotopic (exact) mass is 643 g/mol. The molecule has 0 bridgehead atoms. The molecular weight excluding hydrogens is 590 g/mol. The van der Waals surface area contributed by atoms with Crippen LogP contribution in [0.2, 0.25) is 0 Å². The Morgan fingerprint density at radius 3 is 1.07 bits per heavy atom. The first-order valence-corrected chi connectivity index (χ1v) is 16.1. The maximum atomic E-state index is 12.3. The van der Waals surface area contributed by atoms with Gasteiger partial charge in [0.2, 0.25) is 17.7 Å². The van der Waals surface area contributed by atoms with E-state index >= 15 is 0 Å². The van der Waals surface area contributed by atoms with Crippen LogP contribution in [0, 0.1) is 0 Å². The lowest BCUT2D eigenvalue weighted by atomic mass is 10.0. The molecule has 0 aromatic rings. The van der Waals surface area contributed by atoms with E-state index in [-0.39, 0.29) is 38.5 Å².